The van der Waals surface area contributed by atoms with E-state index in [0.717, 1.165) is 30.7 Å². The molecule has 2 heterocycles. The molecule has 0 fully saturated rings. The Kier molecular flexibility index (Phi) is 7.02. The number of ether oxygens (including phenoxy) is 2. The van der Waals surface area contributed by atoms with E-state index in [1.54, 1.807) is 26.6 Å². The van der Waals surface area contributed by atoms with E-state index in [2.05, 4.69) is 51.6 Å². The molecule has 32 heavy (non-hydrogen) atoms. The van der Waals surface area contributed by atoms with E-state index < -0.39 is 0 Å². The van der Waals surface area contributed by atoms with E-state index in [0.29, 0.717) is 18.8 Å². The van der Waals surface area contributed by atoms with Crippen LogP contribution in [0.5, 0.6) is 11.5 Å². The lowest BCUT2D eigenvalue weighted by atomic mass is 9.88. The summed E-state index contributed by atoms with van der Waals surface area (Å²) >= 11 is 0. The van der Waals surface area contributed by atoms with Crippen molar-refractivity contribution >= 4 is 5.91 Å². The molecule has 6 heteroatoms. The van der Waals surface area contributed by atoms with Gasteiger partial charge in [-0.2, -0.15) is 0 Å². The van der Waals surface area contributed by atoms with Crippen molar-refractivity contribution < 1.29 is 14.3 Å². The van der Waals surface area contributed by atoms with Crippen molar-refractivity contribution in [2.45, 2.75) is 25.4 Å². The van der Waals surface area contributed by atoms with Crippen LogP contribution in [0.3, 0.4) is 0 Å². The summed E-state index contributed by atoms with van der Waals surface area (Å²) in [4.78, 5) is 19.2. The lowest BCUT2D eigenvalue weighted by Gasteiger charge is -2.37. The van der Waals surface area contributed by atoms with Crippen LogP contribution in [0, 0.1) is 0 Å². The molecule has 1 aliphatic heterocycles. The van der Waals surface area contributed by atoms with Gasteiger partial charge in [0.2, 0.25) is 5.91 Å². The normalized spacial score (nSPS) is 15.6. The van der Waals surface area contributed by atoms with Gasteiger partial charge in [-0.3, -0.25) is 14.7 Å². The van der Waals surface area contributed by atoms with Crippen LogP contribution in [-0.4, -0.2) is 43.1 Å². The van der Waals surface area contributed by atoms with Gasteiger partial charge >= 0.3 is 0 Å². The highest BCUT2D eigenvalue weighted by molar-refractivity contribution is 5.78. The largest absolute Gasteiger partial charge is 0.493 e. The molecule has 4 rings (SSSR count). The third-order valence-electron chi connectivity index (χ3n) is 5.94. The van der Waals surface area contributed by atoms with Gasteiger partial charge in [-0.05, 0) is 53.3 Å². The highest BCUT2D eigenvalue weighted by Gasteiger charge is 2.30. The molecule has 1 N–H and O–H groups in total. The standard InChI is InChI=1S/C26H29N3O3/c1-31-24-14-21-10-12-29(18-26(30)28-17-20-9-6-11-27-16-20)23(22(21)15-25(24)32-2)13-19-7-4-3-5-8-19/h3-9,11,14-16,23H,10,12-13,17-18H2,1-2H3,(H,28,30). The molecule has 0 bridgehead atoms. The number of aromatic nitrogens is 1. The first-order chi connectivity index (χ1) is 15.7. The highest BCUT2D eigenvalue weighted by atomic mass is 16.5. The Morgan fingerprint density at radius 3 is 2.53 bits per heavy atom. The smallest absolute Gasteiger partial charge is 0.234 e. The molecule has 1 unspecified atom stereocenters. The Morgan fingerprint density at radius 2 is 1.81 bits per heavy atom. The van der Waals surface area contributed by atoms with Crippen molar-refractivity contribution in [3.05, 3.63) is 89.2 Å². The SMILES string of the molecule is COc1cc2c(cc1OC)C(Cc1ccccc1)N(CC(=O)NCc1cccnc1)CC2. The van der Waals surface area contributed by atoms with Gasteiger partial charge in [0.1, 0.15) is 0 Å². The summed E-state index contributed by atoms with van der Waals surface area (Å²) in [6, 6.07) is 18.5. The number of hydrogen-bond acceptors (Lipinski definition) is 5. The average Bonchev–Trinajstić information content (AvgIpc) is 2.84. The molecular weight excluding hydrogens is 402 g/mol. The molecule has 0 spiro atoms. The van der Waals surface area contributed by atoms with Crippen LogP contribution in [0.2, 0.25) is 0 Å². The van der Waals surface area contributed by atoms with Crippen molar-refractivity contribution in [1.29, 1.82) is 0 Å². The third kappa shape index (κ3) is 5.08. The number of pyridine rings is 1. The molecule has 1 aliphatic rings. The molecular formula is C26H29N3O3. The van der Waals surface area contributed by atoms with E-state index in [1.165, 1.54) is 16.7 Å². The second kappa shape index (κ2) is 10.3. The van der Waals surface area contributed by atoms with Gasteiger partial charge in [-0.15, -0.1) is 0 Å². The second-order valence-corrected chi connectivity index (χ2v) is 7.97. The van der Waals surface area contributed by atoms with Gasteiger partial charge in [-0.1, -0.05) is 36.4 Å². The minimum atomic E-state index is 0.0100. The van der Waals surface area contributed by atoms with Crippen molar-refractivity contribution in [3.8, 4) is 11.5 Å². The second-order valence-electron chi connectivity index (χ2n) is 7.97. The third-order valence-corrected chi connectivity index (χ3v) is 5.94. The number of carbonyl (C=O) groups excluding carboxylic acids is 1. The number of rotatable bonds is 8. The van der Waals surface area contributed by atoms with Gasteiger partial charge in [0.15, 0.2) is 11.5 Å². The minimum absolute atomic E-state index is 0.0100. The fraction of sp³-hybridized carbons (Fsp3) is 0.308. The molecule has 1 amide bonds. The fourth-order valence-corrected chi connectivity index (χ4v) is 4.29. The Bertz CT molecular complexity index is 1040. The number of nitrogens with zero attached hydrogens (tertiary/aromatic N) is 2. The molecule has 0 saturated heterocycles. The number of benzene rings is 2. The van der Waals surface area contributed by atoms with Crippen molar-refractivity contribution in [3.63, 3.8) is 0 Å². The van der Waals surface area contributed by atoms with Crippen LogP contribution in [0.25, 0.3) is 0 Å². The molecule has 6 nitrogen and oxygen atoms in total. The first-order valence-electron chi connectivity index (χ1n) is 10.9. The number of nitrogens with one attached hydrogen (secondary N) is 1. The fourth-order valence-electron chi connectivity index (χ4n) is 4.29. The number of amides is 1. The Hall–Kier alpha value is -3.38. The van der Waals surface area contributed by atoms with E-state index in [9.17, 15) is 4.79 Å². The summed E-state index contributed by atoms with van der Waals surface area (Å²) in [5.41, 5.74) is 4.66. The zero-order valence-electron chi connectivity index (χ0n) is 18.6. The molecule has 0 radical (unpaired) electrons. The maximum atomic E-state index is 12.8. The summed E-state index contributed by atoms with van der Waals surface area (Å²) in [6.45, 7) is 1.62. The average molecular weight is 432 g/mol. The van der Waals surface area contributed by atoms with Crippen LogP contribution >= 0.6 is 0 Å². The molecule has 3 aromatic rings. The number of carbonyl (C=O) groups is 1. The molecule has 1 aromatic heterocycles. The Balaban J connectivity index is 1.56. The number of fused-ring (bicyclic) bond motifs is 1. The maximum Gasteiger partial charge on any atom is 0.234 e. The van der Waals surface area contributed by atoms with Crippen LogP contribution in [0.4, 0.5) is 0 Å². The minimum Gasteiger partial charge on any atom is -0.493 e. The molecule has 166 valence electrons. The van der Waals surface area contributed by atoms with Crippen LogP contribution in [-0.2, 0) is 24.2 Å². The first-order valence-corrected chi connectivity index (χ1v) is 10.9. The summed E-state index contributed by atoms with van der Waals surface area (Å²) in [7, 11) is 3.32. The van der Waals surface area contributed by atoms with Gasteiger partial charge in [-0.25, -0.2) is 0 Å². The van der Waals surface area contributed by atoms with Gasteiger partial charge in [0.05, 0.1) is 20.8 Å². The van der Waals surface area contributed by atoms with Crippen LogP contribution in [0.15, 0.2) is 67.0 Å². The zero-order chi connectivity index (χ0) is 22.3. The molecule has 0 aliphatic carbocycles. The van der Waals surface area contributed by atoms with Gasteiger partial charge in [0.25, 0.3) is 0 Å². The van der Waals surface area contributed by atoms with E-state index in [1.807, 2.05) is 18.2 Å². The monoisotopic (exact) mass is 431 g/mol. The predicted octanol–water partition coefficient (Wildman–Crippen LogP) is 3.56. The Morgan fingerprint density at radius 1 is 1.06 bits per heavy atom. The lowest BCUT2D eigenvalue weighted by Crippen LogP contribution is -2.43. The van der Waals surface area contributed by atoms with Crippen LogP contribution < -0.4 is 14.8 Å². The maximum absolute atomic E-state index is 12.8. The molecule has 2 aromatic carbocycles. The number of hydrogen-bond donors (Lipinski definition) is 1. The topological polar surface area (TPSA) is 63.7 Å². The zero-order valence-corrected chi connectivity index (χ0v) is 18.6. The molecule has 1 atom stereocenters. The first kappa shape index (κ1) is 21.8. The summed E-state index contributed by atoms with van der Waals surface area (Å²) < 4.78 is 11.1. The predicted molar refractivity (Wildman–Crippen MR) is 124 cm³/mol. The lowest BCUT2D eigenvalue weighted by molar-refractivity contribution is -0.123. The quantitative estimate of drug-likeness (QED) is 0.591. The summed E-state index contributed by atoms with van der Waals surface area (Å²) in [5.74, 6) is 1.47. The summed E-state index contributed by atoms with van der Waals surface area (Å²) in [5, 5.41) is 3.03. The Labute approximate surface area is 189 Å². The van der Waals surface area contributed by atoms with E-state index in [-0.39, 0.29) is 11.9 Å². The summed E-state index contributed by atoms with van der Waals surface area (Å²) in [6.07, 6.45) is 5.18. The van der Waals surface area contributed by atoms with Crippen LogP contribution in [0.1, 0.15) is 28.3 Å². The van der Waals surface area contributed by atoms with Gasteiger partial charge < -0.3 is 14.8 Å². The van der Waals surface area contributed by atoms with Crippen molar-refractivity contribution in [2.24, 2.45) is 0 Å². The van der Waals surface area contributed by atoms with E-state index in [4.69, 9.17) is 9.47 Å². The van der Waals surface area contributed by atoms with Crippen molar-refractivity contribution in [2.75, 3.05) is 27.3 Å². The highest BCUT2D eigenvalue weighted by Crippen LogP contribution is 2.39. The number of methoxy groups -OCH3 is 2. The van der Waals surface area contributed by atoms with Gasteiger partial charge in [0, 0.05) is 31.5 Å². The van der Waals surface area contributed by atoms with Crippen molar-refractivity contribution in [1.82, 2.24) is 15.2 Å². The molecule has 0 saturated carbocycles. The van der Waals surface area contributed by atoms with E-state index >= 15 is 0 Å².